The summed E-state index contributed by atoms with van der Waals surface area (Å²) in [6.45, 7) is 7.25. The van der Waals surface area contributed by atoms with Crippen LogP contribution in [0.5, 0.6) is 0 Å². The van der Waals surface area contributed by atoms with Crippen LogP contribution in [0.1, 0.15) is 40.0 Å². The monoisotopic (exact) mass is 152 g/mol. The highest BCUT2D eigenvalue weighted by Gasteiger charge is 2.53. The molecule has 0 aliphatic heterocycles. The van der Waals surface area contributed by atoms with E-state index in [2.05, 4.69) is 20.8 Å². The zero-order valence-corrected chi connectivity index (χ0v) is 8.01. The molecule has 0 aromatic heterocycles. The number of hydrogen-bond donors (Lipinski definition) is 0. The van der Waals surface area contributed by atoms with Crippen LogP contribution in [0.15, 0.2) is 0 Å². The first-order chi connectivity index (χ1) is 5.25. The first-order valence-corrected chi connectivity index (χ1v) is 5.25. The van der Waals surface area contributed by atoms with Crippen molar-refractivity contribution in [1.82, 2.24) is 0 Å². The lowest BCUT2D eigenvalue weighted by molar-refractivity contribution is -0.118. The first kappa shape index (κ1) is 7.64. The molecule has 0 N–H and O–H groups in total. The zero-order chi connectivity index (χ0) is 8.01. The van der Waals surface area contributed by atoms with E-state index in [0.29, 0.717) is 0 Å². The highest BCUT2D eigenvalue weighted by molar-refractivity contribution is 5.02. The molecule has 2 fully saturated rings. The molecule has 64 valence electrons. The van der Waals surface area contributed by atoms with Gasteiger partial charge in [-0.05, 0) is 42.4 Å². The van der Waals surface area contributed by atoms with Crippen LogP contribution < -0.4 is 0 Å². The SMILES string of the molecule is CCC(C)C1C(C)C2CCC21. The number of fused-ring (bicyclic) bond motifs is 1. The van der Waals surface area contributed by atoms with E-state index >= 15 is 0 Å². The fourth-order valence-electron chi connectivity index (χ4n) is 3.42. The largest absolute Gasteiger partial charge is 0.0651 e. The van der Waals surface area contributed by atoms with Gasteiger partial charge in [0.2, 0.25) is 0 Å². The Kier molecular flexibility index (Phi) is 1.74. The van der Waals surface area contributed by atoms with Crippen LogP contribution in [0, 0.1) is 29.6 Å². The molecule has 5 atom stereocenters. The molecule has 5 unspecified atom stereocenters. The normalized spacial score (nSPS) is 50.5. The van der Waals surface area contributed by atoms with Crippen molar-refractivity contribution in [2.24, 2.45) is 29.6 Å². The molecule has 11 heavy (non-hydrogen) atoms. The van der Waals surface area contributed by atoms with Gasteiger partial charge in [0.05, 0.1) is 0 Å². The summed E-state index contributed by atoms with van der Waals surface area (Å²) in [5, 5.41) is 0. The van der Waals surface area contributed by atoms with Gasteiger partial charge >= 0.3 is 0 Å². The Bertz CT molecular complexity index is 137. The third kappa shape index (κ3) is 0.878. The fraction of sp³-hybridized carbons (Fsp3) is 1.00. The van der Waals surface area contributed by atoms with Crippen molar-refractivity contribution in [3.05, 3.63) is 0 Å². The second-order valence-corrected chi connectivity index (χ2v) is 4.73. The molecule has 0 heteroatoms. The molecule has 2 saturated carbocycles. The minimum Gasteiger partial charge on any atom is -0.0651 e. The van der Waals surface area contributed by atoms with Gasteiger partial charge in [-0.3, -0.25) is 0 Å². The van der Waals surface area contributed by atoms with Crippen molar-refractivity contribution >= 4 is 0 Å². The molecule has 0 bridgehead atoms. The summed E-state index contributed by atoms with van der Waals surface area (Å²) in [7, 11) is 0. The Balaban J connectivity index is 1.94. The second kappa shape index (κ2) is 2.50. The molecule has 0 aromatic carbocycles. The summed E-state index contributed by atoms with van der Waals surface area (Å²) < 4.78 is 0. The lowest BCUT2D eigenvalue weighted by Gasteiger charge is -2.60. The van der Waals surface area contributed by atoms with Gasteiger partial charge in [-0.25, -0.2) is 0 Å². The lowest BCUT2D eigenvalue weighted by Crippen LogP contribution is -2.54. The Labute approximate surface area is 70.4 Å². The molecule has 0 amide bonds. The first-order valence-electron chi connectivity index (χ1n) is 5.25. The minimum atomic E-state index is 0.992. The fourth-order valence-corrected chi connectivity index (χ4v) is 3.42. The van der Waals surface area contributed by atoms with Crippen LogP contribution >= 0.6 is 0 Å². The molecule has 0 saturated heterocycles. The molecule has 0 spiro atoms. The van der Waals surface area contributed by atoms with Crippen LogP contribution in [0.25, 0.3) is 0 Å². The predicted molar refractivity (Wildman–Crippen MR) is 48.3 cm³/mol. The topological polar surface area (TPSA) is 0 Å². The summed E-state index contributed by atoms with van der Waals surface area (Å²) >= 11 is 0. The molecular formula is C11H20. The van der Waals surface area contributed by atoms with E-state index in [9.17, 15) is 0 Å². The summed E-state index contributed by atoms with van der Waals surface area (Å²) in [4.78, 5) is 0. The second-order valence-electron chi connectivity index (χ2n) is 4.73. The summed E-state index contributed by atoms with van der Waals surface area (Å²) in [5.74, 6) is 5.45. The Morgan fingerprint density at radius 3 is 2.27 bits per heavy atom. The van der Waals surface area contributed by atoms with Crippen LogP contribution in [-0.4, -0.2) is 0 Å². The van der Waals surface area contributed by atoms with E-state index in [-0.39, 0.29) is 0 Å². The van der Waals surface area contributed by atoms with E-state index in [1.807, 2.05) is 0 Å². The van der Waals surface area contributed by atoms with E-state index in [1.165, 1.54) is 6.42 Å². The van der Waals surface area contributed by atoms with Crippen LogP contribution in [0.4, 0.5) is 0 Å². The average Bonchev–Trinajstić information content (AvgIpc) is 1.96. The average molecular weight is 152 g/mol. The molecule has 0 nitrogen and oxygen atoms in total. The quantitative estimate of drug-likeness (QED) is 0.569. The van der Waals surface area contributed by atoms with Gasteiger partial charge < -0.3 is 0 Å². The van der Waals surface area contributed by atoms with E-state index in [1.54, 1.807) is 12.8 Å². The van der Waals surface area contributed by atoms with Gasteiger partial charge in [0, 0.05) is 0 Å². The Morgan fingerprint density at radius 1 is 1.27 bits per heavy atom. The smallest absolute Gasteiger partial charge is 0.0329 e. The van der Waals surface area contributed by atoms with Crippen molar-refractivity contribution in [3.63, 3.8) is 0 Å². The van der Waals surface area contributed by atoms with E-state index in [4.69, 9.17) is 0 Å². The van der Waals surface area contributed by atoms with Crippen molar-refractivity contribution < 1.29 is 0 Å². The number of hydrogen-bond acceptors (Lipinski definition) is 0. The van der Waals surface area contributed by atoms with Crippen molar-refractivity contribution in [1.29, 1.82) is 0 Å². The highest BCUT2D eigenvalue weighted by Crippen LogP contribution is 2.60. The van der Waals surface area contributed by atoms with Gasteiger partial charge in [-0.15, -0.1) is 0 Å². The van der Waals surface area contributed by atoms with E-state index in [0.717, 1.165) is 29.6 Å². The molecule has 2 aliphatic carbocycles. The maximum absolute atomic E-state index is 2.47. The maximum atomic E-state index is 2.47. The summed E-state index contributed by atoms with van der Waals surface area (Å²) in [6, 6.07) is 0. The molecule has 2 rings (SSSR count). The van der Waals surface area contributed by atoms with Crippen LogP contribution in [0.2, 0.25) is 0 Å². The van der Waals surface area contributed by atoms with Gasteiger partial charge in [-0.1, -0.05) is 27.2 Å². The maximum Gasteiger partial charge on any atom is -0.0329 e. The predicted octanol–water partition coefficient (Wildman–Crippen LogP) is 3.32. The van der Waals surface area contributed by atoms with Gasteiger partial charge in [-0.2, -0.15) is 0 Å². The van der Waals surface area contributed by atoms with Gasteiger partial charge in [0.1, 0.15) is 0 Å². The third-order valence-electron chi connectivity index (χ3n) is 4.46. The summed E-state index contributed by atoms with van der Waals surface area (Å²) in [5.41, 5.74) is 0. The third-order valence-corrected chi connectivity index (χ3v) is 4.46. The molecule has 0 heterocycles. The molecule has 0 radical (unpaired) electrons. The van der Waals surface area contributed by atoms with Gasteiger partial charge in [0.15, 0.2) is 0 Å². The van der Waals surface area contributed by atoms with Gasteiger partial charge in [0.25, 0.3) is 0 Å². The number of rotatable bonds is 2. The molecule has 2 aliphatic rings. The standard InChI is InChI=1S/C11H20/c1-4-7(2)11-8(3)9-5-6-10(9)11/h7-11H,4-6H2,1-3H3. The van der Waals surface area contributed by atoms with Crippen LogP contribution in [0.3, 0.4) is 0 Å². The highest BCUT2D eigenvalue weighted by atomic mass is 14.6. The van der Waals surface area contributed by atoms with Crippen molar-refractivity contribution in [2.75, 3.05) is 0 Å². The summed E-state index contributed by atoms with van der Waals surface area (Å²) in [6.07, 6.45) is 4.47. The van der Waals surface area contributed by atoms with Crippen molar-refractivity contribution in [3.8, 4) is 0 Å². The molecular weight excluding hydrogens is 132 g/mol. The molecule has 0 aromatic rings. The van der Waals surface area contributed by atoms with Crippen LogP contribution in [-0.2, 0) is 0 Å². The Morgan fingerprint density at radius 2 is 1.91 bits per heavy atom. The Hall–Kier alpha value is 0. The zero-order valence-electron chi connectivity index (χ0n) is 8.01. The van der Waals surface area contributed by atoms with E-state index < -0.39 is 0 Å². The minimum absolute atomic E-state index is 0.992. The lowest BCUT2D eigenvalue weighted by atomic mass is 9.45. The van der Waals surface area contributed by atoms with Crippen molar-refractivity contribution in [2.45, 2.75) is 40.0 Å².